The summed E-state index contributed by atoms with van der Waals surface area (Å²) >= 11 is 0. The van der Waals surface area contributed by atoms with E-state index in [4.69, 9.17) is 4.74 Å². The summed E-state index contributed by atoms with van der Waals surface area (Å²) in [5, 5.41) is 3.23. The maximum atomic E-state index is 6.12. The Hall–Kier alpha value is -0.120. The number of rotatable bonds is 4. The molecule has 0 aromatic carbocycles. The number of ether oxygens (including phenoxy) is 1. The van der Waals surface area contributed by atoms with Gasteiger partial charge in [-0.15, -0.1) is 0 Å². The van der Waals surface area contributed by atoms with Gasteiger partial charge >= 0.3 is 0 Å². The highest BCUT2D eigenvalue weighted by Gasteiger charge is 2.37. The van der Waals surface area contributed by atoms with Crippen LogP contribution < -0.4 is 5.32 Å². The summed E-state index contributed by atoms with van der Waals surface area (Å²) in [4.78, 5) is 2.66. The average molecular weight is 266 g/mol. The Balaban J connectivity index is 1.40. The van der Waals surface area contributed by atoms with Crippen LogP contribution in [0.4, 0.5) is 0 Å². The van der Waals surface area contributed by atoms with Gasteiger partial charge in [0.25, 0.3) is 0 Å². The van der Waals surface area contributed by atoms with E-state index in [1.807, 2.05) is 7.05 Å². The van der Waals surface area contributed by atoms with Crippen molar-refractivity contribution in [3.05, 3.63) is 0 Å². The third-order valence-corrected chi connectivity index (χ3v) is 5.67. The number of nitrogens with one attached hydrogen (secondary N) is 1. The minimum absolute atomic E-state index is 0.459. The van der Waals surface area contributed by atoms with Crippen molar-refractivity contribution in [3.63, 3.8) is 0 Å². The van der Waals surface area contributed by atoms with Gasteiger partial charge in [-0.05, 0) is 64.1 Å². The highest BCUT2D eigenvalue weighted by Crippen LogP contribution is 2.46. The monoisotopic (exact) mass is 266 g/mol. The van der Waals surface area contributed by atoms with Crippen LogP contribution >= 0.6 is 0 Å². The Labute approximate surface area is 118 Å². The van der Waals surface area contributed by atoms with Crippen molar-refractivity contribution in [2.75, 3.05) is 33.2 Å². The molecular formula is C16H30N2O. The minimum atomic E-state index is 0.459. The fraction of sp³-hybridized carbons (Fsp3) is 1.00. The highest BCUT2D eigenvalue weighted by atomic mass is 16.5. The minimum Gasteiger partial charge on any atom is -0.372 e. The molecule has 19 heavy (non-hydrogen) atoms. The van der Waals surface area contributed by atoms with E-state index in [0.717, 1.165) is 12.0 Å². The average Bonchev–Trinajstić information content (AvgIpc) is 3.04. The summed E-state index contributed by atoms with van der Waals surface area (Å²) in [7, 11) is 2.02. The Bertz CT molecular complexity index is 278. The van der Waals surface area contributed by atoms with Crippen LogP contribution in [0.25, 0.3) is 0 Å². The first-order valence-corrected chi connectivity index (χ1v) is 8.32. The molecule has 0 aromatic rings. The van der Waals surface area contributed by atoms with Crippen molar-refractivity contribution < 1.29 is 4.74 Å². The van der Waals surface area contributed by atoms with E-state index in [2.05, 4.69) is 10.2 Å². The molecule has 0 bridgehead atoms. The molecule has 3 nitrogen and oxygen atoms in total. The third kappa shape index (κ3) is 3.32. The van der Waals surface area contributed by atoms with E-state index < -0.39 is 0 Å². The number of hydrogen-bond donors (Lipinski definition) is 1. The Kier molecular flexibility index (Phi) is 4.45. The zero-order valence-electron chi connectivity index (χ0n) is 12.5. The molecule has 1 spiro atoms. The van der Waals surface area contributed by atoms with Crippen LogP contribution in [0.1, 0.15) is 51.4 Å². The molecule has 3 rings (SSSR count). The van der Waals surface area contributed by atoms with Gasteiger partial charge < -0.3 is 15.0 Å². The molecule has 0 radical (unpaired) electrons. The molecule has 3 fully saturated rings. The van der Waals surface area contributed by atoms with E-state index in [1.54, 1.807) is 0 Å². The number of likely N-dealkylation sites (N-methyl/N-ethyl adjacent to an activating group) is 1. The quantitative estimate of drug-likeness (QED) is 0.846. The van der Waals surface area contributed by atoms with Gasteiger partial charge in [-0.3, -0.25) is 0 Å². The lowest BCUT2D eigenvalue weighted by atomic mass is 9.77. The van der Waals surface area contributed by atoms with Gasteiger partial charge in [-0.25, -0.2) is 0 Å². The number of likely N-dealkylation sites (tertiary alicyclic amines) is 1. The Morgan fingerprint density at radius 2 is 1.74 bits per heavy atom. The second-order valence-corrected chi connectivity index (χ2v) is 7.02. The van der Waals surface area contributed by atoms with Crippen molar-refractivity contribution in [1.82, 2.24) is 10.2 Å². The summed E-state index contributed by atoms with van der Waals surface area (Å²) in [6.07, 6.45) is 12.3. The molecule has 3 heteroatoms. The van der Waals surface area contributed by atoms with Gasteiger partial charge in [0.1, 0.15) is 0 Å². The molecule has 1 N–H and O–H groups in total. The molecule has 2 saturated heterocycles. The molecule has 2 aliphatic heterocycles. The van der Waals surface area contributed by atoms with Gasteiger partial charge in [0.05, 0.1) is 12.2 Å². The topological polar surface area (TPSA) is 24.5 Å². The number of nitrogens with zero attached hydrogens (tertiary/aromatic N) is 1. The maximum absolute atomic E-state index is 6.12. The smallest absolute Gasteiger partial charge is 0.0707 e. The van der Waals surface area contributed by atoms with Crippen molar-refractivity contribution in [1.29, 1.82) is 0 Å². The van der Waals surface area contributed by atoms with Crippen molar-refractivity contribution >= 4 is 0 Å². The number of hydrogen-bond acceptors (Lipinski definition) is 3. The van der Waals surface area contributed by atoms with Gasteiger partial charge in [0.15, 0.2) is 0 Å². The van der Waals surface area contributed by atoms with Crippen LogP contribution in [0.15, 0.2) is 0 Å². The third-order valence-electron chi connectivity index (χ3n) is 5.67. The molecule has 1 aliphatic carbocycles. The zero-order chi connectivity index (χ0) is 13.1. The summed E-state index contributed by atoms with van der Waals surface area (Å²) in [5.74, 6) is 0. The molecule has 0 amide bonds. The summed E-state index contributed by atoms with van der Waals surface area (Å²) < 4.78 is 6.12. The fourth-order valence-electron chi connectivity index (χ4n) is 4.42. The maximum Gasteiger partial charge on any atom is 0.0707 e. The fourth-order valence-corrected chi connectivity index (χ4v) is 4.42. The van der Waals surface area contributed by atoms with E-state index in [9.17, 15) is 0 Å². The summed E-state index contributed by atoms with van der Waals surface area (Å²) in [6, 6.07) is 0. The van der Waals surface area contributed by atoms with Gasteiger partial charge in [0.2, 0.25) is 0 Å². The first-order chi connectivity index (χ1) is 9.30. The van der Waals surface area contributed by atoms with E-state index in [-0.39, 0.29) is 0 Å². The van der Waals surface area contributed by atoms with Crippen LogP contribution in [0.3, 0.4) is 0 Å². The van der Waals surface area contributed by atoms with Crippen LogP contribution in [0.2, 0.25) is 0 Å². The molecule has 0 aromatic heterocycles. The first-order valence-electron chi connectivity index (χ1n) is 8.32. The molecule has 110 valence electrons. The standard InChI is InChI=1S/C16H30N2O/c1-17-12-14-4-5-15(19-14)13-18-10-8-16(9-11-18)6-2-3-7-16/h14-15,17H,2-13H2,1H3. The Morgan fingerprint density at radius 1 is 1.05 bits per heavy atom. The molecule has 2 heterocycles. The summed E-state index contributed by atoms with van der Waals surface area (Å²) in [6.45, 7) is 4.82. The lowest BCUT2D eigenvalue weighted by molar-refractivity contribution is 0.00891. The molecule has 1 saturated carbocycles. The van der Waals surface area contributed by atoms with Gasteiger partial charge in [-0.1, -0.05) is 12.8 Å². The second-order valence-electron chi connectivity index (χ2n) is 7.02. The molecule has 3 aliphatic rings. The van der Waals surface area contributed by atoms with Crippen LogP contribution in [0.5, 0.6) is 0 Å². The van der Waals surface area contributed by atoms with E-state index in [1.165, 1.54) is 71.0 Å². The Morgan fingerprint density at radius 3 is 2.42 bits per heavy atom. The molecule has 2 atom stereocenters. The predicted octanol–water partition coefficient (Wildman–Crippen LogP) is 2.41. The lowest BCUT2D eigenvalue weighted by Crippen LogP contribution is -2.42. The van der Waals surface area contributed by atoms with Crippen LogP contribution in [-0.4, -0.2) is 50.3 Å². The van der Waals surface area contributed by atoms with Crippen LogP contribution in [-0.2, 0) is 4.74 Å². The second kappa shape index (κ2) is 6.11. The highest BCUT2D eigenvalue weighted by molar-refractivity contribution is 4.90. The van der Waals surface area contributed by atoms with Crippen molar-refractivity contribution in [2.24, 2.45) is 5.41 Å². The van der Waals surface area contributed by atoms with Gasteiger partial charge in [-0.2, -0.15) is 0 Å². The first kappa shape index (κ1) is 13.8. The lowest BCUT2D eigenvalue weighted by Gasteiger charge is -2.40. The molecular weight excluding hydrogens is 236 g/mol. The SMILES string of the molecule is CNCC1CCC(CN2CCC3(CCCC3)CC2)O1. The summed E-state index contributed by atoms with van der Waals surface area (Å²) in [5.41, 5.74) is 0.752. The van der Waals surface area contributed by atoms with Crippen molar-refractivity contribution in [3.8, 4) is 0 Å². The largest absolute Gasteiger partial charge is 0.372 e. The predicted molar refractivity (Wildman–Crippen MR) is 78.4 cm³/mol. The number of piperidine rings is 1. The zero-order valence-corrected chi connectivity index (χ0v) is 12.5. The molecule has 2 unspecified atom stereocenters. The van der Waals surface area contributed by atoms with Gasteiger partial charge in [0, 0.05) is 13.1 Å². The normalized spacial score (nSPS) is 35.2. The van der Waals surface area contributed by atoms with Crippen molar-refractivity contribution in [2.45, 2.75) is 63.6 Å². The van der Waals surface area contributed by atoms with Crippen LogP contribution in [0, 0.1) is 5.41 Å². The van der Waals surface area contributed by atoms with E-state index in [0.29, 0.717) is 12.2 Å². The van der Waals surface area contributed by atoms with E-state index >= 15 is 0 Å².